The standard InChI is InChI=1S/C54H66N6O9/c1-9-50(57-44(62)34-16-18-35(55-4)19-17-34)28-33-29-53(48(63)67-7,43-37(20-24-59(30-33)31-50)36-14-11-12-15-40(36)56-43)39-26-38-41(27-42(39)66-6)58(5)46-52(38)22-25-60-23-13-21-51(10-2,45(52)60)47(69-32(3)61)54(46,65)49(64)68-8/h11-19,21,26-27,33,45-47,55-56,65H,9-10,20,22-25,28-31H2,1-8H3,(H,57,62)/t33-,45+,46-,47-,50+,51-,52-,53+,54+/m1/s1. The fraction of sp³-hybridized carbons (Fsp3) is 0.519. The second-order valence-electron chi connectivity index (χ2n) is 20.5. The number of nitrogens with zero attached hydrogens (tertiary/aromatic N) is 3. The minimum atomic E-state index is -2.33. The number of nitrogens with one attached hydrogen (secondary N) is 3. The third-order valence-electron chi connectivity index (χ3n) is 17.5. The summed E-state index contributed by atoms with van der Waals surface area (Å²) in [6.45, 7) is 8.73. The SMILES string of the molecule is CC[C@]1(NC(=O)c2ccc(NC)cc2)C[C@H]2CN(CCc3c([nH]c4ccccc34)[C@@](C(=O)OC)(c3cc4c(cc3OC)N(C)[C@H]3[C@@](O)(C(=O)OC)[C@H](OC(C)=O)[C@]5(CC)C=CCN6CC[C@]43[C@@H]65)C2)C1. The Bertz CT molecular complexity index is 2760. The van der Waals surface area contributed by atoms with Gasteiger partial charge in [0.15, 0.2) is 6.10 Å². The molecule has 1 aliphatic carbocycles. The van der Waals surface area contributed by atoms with E-state index in [4.69, 9.17) is 18.9 Å². The fourth-order valence-corrected chi connectivity index (χ4v) is 14.8. The summed E-state index contributed by atoms with van der Waals surface area (Å²) in [6.07, 6.45) is 6.00. The van der Waals surface area contributed by atoms with Gasteiger partial charge >= 0.3 is 17.9 Å². The summed E-state index contributed by atoms with van der Waals surface area (Å²) in [5, 5.41) is 21.1. The van der Waals surface area contributed by atoms with Gasteiger partial charge in [-0.05, 0) is 98.5 Å². The van der Waals surface area contributed by atoms with E-state index in [0.717, 1.165) is 39.1 Å². The number of likely N-dealkylation sites (N-methyl/N-ethyl adjacent to an activating group) is 1. The number of benzene rings is 3. The number of methoxy groups -OCH3 is 3. The Balaban J connectivity index is 1.21. The van der Waals surface area contributed by atoms with Gasteiger partial charge in [0.05, 0.1) is 32.9 Å². The van der Waals surface area contributed by atoms with Crippen LogP contribution >= 0.6 is 0 Å². The predicted octanol–water partition coefficient (Wildman–Crippen LogP) is 5.47. The fourth-order valence-electron chi connectivity index (χ4n) is 14.8. The van der Waals surface area contributed by atoms with E-state index < -0.39 is 57.4 Å². The van der Waals surface area contributed by atoms with Crippen molar-refractivity contribution in [1.82, 2.24) is 20.1 Å². The molecular formula is C54H66N6O9. The smallest absolute Gasteiger partial charge is 0.344 e. The lowest BCUT2D eigenvalue weighted by Gasteiger charge is -2.63. The lowest BCUT2D eigenvalue weighted by Crippen LogP contribution is -2.81. The number of H-pyrrole nitrogens is 1. The molecule has 1 aromatic heterocycles. The first-order chi connectivity index (χ1) is 33.1. The Morgan fingerprint density at radius 1 is 0.913 bits per heavy atom. The summed E-state index contributed by atoms with van der Waals surface area (Å²) in [7, 11) is 8.02. The summed E-state index contributed by atoms with van der Waals surface area (Å²) < 4.78 is 24.3. The van der Waals surface area contributed by atoms with Crippen LogP contribution in [-0.2, 0) is 45.8 Å². The summed E-state index contributed by atoms with van der Waals surface area (Å²) >= 11 is 0. The summed E-state index contributed by atoms with van der Waals surface area (Å²) in [5.41, 5.74) is -0.0707. The molecular weight excluding hydrogens is 877 g/mol. The van der Waals surface area contributed by atoms with Crippen molar-refractivity contribution in [1.29, 1.82) is 0 Å². The van der Waals surface area contributed by atoms with Crippen LogP contribution in [0.15, 0.2) is 72.8 Å². The number of anilines is 2. The molecule has 4 N–H and O–H groups in total. The average Bonchev–Trinajstić information content (AvgIpc) is 4.03. The molecule has 10 atom stereocenters. The van der Waals surface area contributed by atoms with Crippen LogP contribution in [0.25, 0.3) is 10.9 Å². The van der Waals surface area contributed by atoms with E-state index in [1.807, 2.05) is 74.4 Å². The average molecular weight is 943 g/mol. The summed E-state index contributed by atoms with van der Waals surface area (Å²) in [6, 6.07) is 18.4. The van der Waals surface area contributed by atoms with Gasteiger partial charge in [0.25, 0.3) is 5.91 Å². The van der Waals surface area contributed by atoms with Gasteiger partial charge in [0.1, 0.15) is 11.2 Å². The van der Waals surface area contributed by atoms with Crippen molar-refractivity contribution in [3.8, 4) is 5.75 Å². The van der Waals surface area contributed by atoms with E-state index in [1.165, 1.54) is 21.1 Å². The van der Waals surface area contributed by atoms with E-state index in [2.05, 4.69) is 56.6 Å². The van der Waals surface area contributed by atoms with Gasteiger partial charge in [-0.1, -0.05) is 44.2 Å². The van der Waals surface area contributed by atoms with Crippen molar-refractivity contribution in [3.63, 3.8) is 0 Å². The predicted molar refractivity (Wildman–Crippen MR) is 262 cm³/mol. The number of hydrogen-bond donors (Lipinski definition) is 4. The number of aromatic nitrogens is 1. The Kier molecular flexibility index (Phi) is 11.5. The Hall–Kier alpha value is -5.90. The van der Waals surface area contributed by atoms with Crippen LogP contribution in [-0.4, -0.2) is 141 Å². The first kappa shape index (κ1) is 46.8. The summed E-state index contributed by atoms with van der Waals surface area (Å²) in [4.78, 5) is 68.2. The molecule has 69 heavy (non-hydrogen) atoms. The zero-order valence-electron chi connectivity index (χ0n) is 41.1. The van der Waals surface area contributed by atoms with E-state index in [-0.39, 0.29) is 17.9 Å². The third kappa shape index (κ3) is 6.55. The number of esters is 3. The maximum Gasteiger partial charge on any atom is 0.344 e. The maximum absolute atomic E-state index is 15.7. The molecule has 6 heterocycles. The molecule has 3 fully saturated rings. The second kappa shape index (κ2) is 16.9. The number of carbonyl (C=O) groups excluding carboxylic acids is 4. The zero-order valence-corrected chi connectivity index (χ0v) is 41.1. The molecule has 6 aliphatic rings. The molecule has 10 rings (SSSR count). The molecule has 1 spiro atoms. The van der Waals surface area contributed by atoms with Gasteiger partial charge in [-0.15, -0.1) is 0 Å². The quantitative estimate of drug-likeness (QED) is 0.0897. The van der Waals surface area contributed by atoms with Crippen molar-refractivity contribution in [3.05, 3.63) is 101 Å². The van der Waals surface area contributed by atoms with Crippen molar-refractivity contribution >= 4 is 46.1 Å². The number of carbonyl (C=O) groups is 4. The largest absolute Gasteiger partial charge is 0.496 e. The molecule has 2 saturated heterocycles. The van der Waals surface area contributed by atoms with E-state index in [0.29, 0.717) is 88.1 Å². The van der Waals surface area contributed by atoms with E-state index >= 15 is 4.79 Å². The van der Waals surface area contributed by atoms with E-state index in [9.17, 15) is 19.5 Å². The highest BCUT2D eigenvalue weighted by atomic mass is 16.6. The number of fused-ring (bicyclic) bond motifs is 6. The molecule has 4 aromatic rings. The summed E-state index contributed by atoms with van der Waals surface area (Å²) in [5.74, 6) is -1.79. The number of hydrogen-bond acceptors (Lipinski definition) is 13. The van der Waals surface area contributed by atoms with Crippen molar-refractivity contribution < 1.29 is 43.2 Å². The number of amides is 1. The molecule has 15 nitrogen and oxygen atoms in total. The van der Waals surface area contributed by atoms with Gasteiger partial charge in [-0.2, -0.15) is 0 Å². The van der Waals surface area contributed by atoms with Gasteiger partial charge in [0, 0.05) is 109 Å². The number of piperidine rings is 1. The number of rotatable bonds is 10. The number of aromatic amines is 1. The van der Waals surface area contributed by atoms with Crippen LogP contribution in [0.4, 0.5) is 11.4 Å². The molecule has 5 aliphatic heterocycles. The van der Waals surface area contributed by atoms with Crippen molar-refractivity contribution in [2.75, 3.05) is 78.4 Å². The Morgan fingerprint density at radius 2 is 1.67 bits per heavy atom. The lowest BCUT2D eigenvalue weighted by molar-refractivity contribution is -0.228. The van der Waals surface area contributed by atoms with E-state index in [1.54, 1.807) is 7.11 Å². The van der Waals surface area contributed by atoms with Crippen LogP contribution < -0.4 is 20.3 Å². The minimum absolute atomic E-state index is 0.129. The highest BCUT2D eigenvalue weighted by Gasteiger charge is 2.80. The number of aliphatic hydroxyl groups is 1. The molecule has 1 saturated carbocycles. The zero-order chi connectivity index (χ0) is 48.8. The minimum Gasteiger partial charge on any atom is -0.496 e. The normalized spacial score (nSPS) is 33.1. The maximum atomic E-state index is 15.7. The topological polar surface area (TPSA) is 175 Å². The van der Waals surface area contributed by atoms with Crippen LogP contribution in [0.2, 0.25) is 0 Å². The van der Waals surface area contributed by atoms with Crippen molar-refractivity contribution in [2.45, 2.75) is 99.5 Å². The highest BCUT2D eigenvalue weighted by molar-refractivity contribution is 5.96. The highest BCUT2D eigenvalue weighted by Crippen LogP contribution is 2.68. The molecule has 1 amide bonds. The lowest BCUT2D eigenvalue weighted by atomic mass is 9.47. The monoisotopic (exact) mass is 942 g/mol. The van der Waals surface area contributed by atoms with Crippen molar-refractivity contribution in [2.24, 2.45) is 11.3 Å². The molecule has 3 aromatic carbocycles. The first-order valence-electron chi connectivity index (χ1n) is 24.5. The molecule has 15 heteroatoms. The van der Waals surface area contributed by atoms with Gasteiger partial charge in [0.2, 0.25) is 5.60 Å². The third-order valence-corrected chi connectivity index (χ3v) is 17.5. The number of ether oxygens (including phenoxy) is 4. The van der Waals surface area contributed by atoms with Gasteiger partial charge in [-0.3, -0.25) is 19.3 Å². The first-order valence-corrected chi connectivity index (χ1v) is 24.5. The Morgan fingerprint density at radius 3 is 2.35 bits per heavy atom. The molecule has 366 valence electrons. The van der Waals surface area contributed by atoms with Crippen LogP contribution in [0.3, 0.4) is 0 Å². The molecule has 0 radical (unpaired) electrons. The Labute approximate surface area is 403 Å². The number of para-hydroxylation sites is 1. The van der Waals surface area contributed by atoms with Gasteiger partial charge < -0.3 is 49.5 Å². The molecule has 2 bridgehead atoms. The van der Waals surface area contributed by atoms with Crippen LogP contribution in [0.5, 0.6) is 5.75 Å². The van der Waals surface area contributed by atoms with Crippen LogP contribution in [0, 0.1) is 11.3 Å². The molecule has 1 unspecified atom stereocenters. The van der Waals surface area contributed by atoms with Crippen LogP contribution in [0.1, 0.15) is 85.6 Å². The second-order valence-corrected chi connectivity index (χ2v) is 20.5. The van der Waals surface area contributed by atoms with Gasteiger partial charge in [-0.25, -0.2) is 4.79 Å².